The number of ketones is 1. The molecule has 0 spiro atoms. The molecule has 1 heterocycles. The van der Waals surface area contributed by atoms with Gasteiger partial charge in [0, 0.05) is 6.20 Å². The van der Waals surface area contributed by atoms with E-state index in [0.717, 1.165) is 30.4 Å². The van der Waals surface area contributed by atoms with E-state index < -0.39 is 5.41 Å². The van der Waals surface area contributed by atoms with E-state index in [4.69, 9.17) is 5.73 Å². The minimum absolute atomic E-state index is 0.114. The monoisotopic (exact) mass is 266 g/mol. The lowest BCUT2D eigenvalue weighted by Crippen LogP contribution is -2.42. The molecule has 1 fully saturated rings. The highest BCUT2D eigenvalue weighted by atomic mass is 16.1. The van der Waals surface area contributed by atoms with Crippen molar-refractivity contribution >= 4 is 11.6 Å². The first kappa shape index (κ1) is 12.9. The van der Waals surface area contributed by atoms with Crippen LogP contribution in [0.1, 0.15) is 40.7 Å². The van der Waals surface area contributed by atoms with E-state index in [1.54, 1.807) is 6.20 Å². The number of benzene rings is 1. The third-order valence-corrected chi connectivity index (χ3v) is 4.27. The third-order valence-electron chi connectivity index (χ3n) is 4.27. The van der Waals surface area contributed by atoms with Gasteiger partial charge in [0.15, 0.2) is 5.78 Å². The molecule has 1 aliphatic rings. The molecule has 1 aliphatic carbocycles. The van der Waals surface area contributed by atoms with Gasteiger partial charge in [-0.15, -0.1) is 0 Å². The molecular weight excluding hydrogens is 248 g/mol. The van der Waals surface area contributed by atoms with Crippen LogP contribution in [0.5, 0.6) is 0 Å². The second kappa shape index (κ2) is 4.75. The number of aryl methyl sites for hydroxylation is 1. The average molecular weight is 266 g/mol. The van der Waals surface area contributed by atoms with Crippen LogP contribution in [0.25, 0.3) is 0 Å². The maximum atomic E-state index is 13.0. The summed E-state index contributed by atoms with van der Waals surface area (Å²) in [5.74, 6) is 0.450. The first-order valence-electron chi connectivity index (χ1n) is 6.96. The molecule has 3 rings (SSSR count). The van der Waals surface area contributed by atoms with Crippen molar-refractivity contribution in [1.29, 1.82) is 0 Å². The molecule has 0 aliphatic heterocycles. The van der Waals surface area contributed by atoms with Crippen LogP contribution < -0.4 is 5.73 Å². The van der Waals surface area contributed by atoms with Crippen LogP contribution in [0.4, 0.5) is 5.82 Å². The minimum Gasteiger partial charge on any atom is -0.383 e. The van der Waals surface area contributed by atoms with Crippen molar-refractivity contribution in [3.05, 3.63) is 59.3 Å². The van der Waals surface area contributed by atoms with E-state index in [1.807, 2.05) is 43.3 Å². The molecular formula is C17H18N2O. The fourth-order valence-corrected chi connectivity index (χ4v) is 2.95. The van der Waals surface area contributed by atoms with Crippen molar-refractivity contribution in [2.45, 2.75) is 31.6 Å². The average Bonchev–Trinajstić information content (AvgIpc) is 2.41. The number of hydrogen-bond acceptors (Lipinski definition) is 3. The Balaban J connectivity index is 2.06. The number of aromatic nitrogens is 1. The van der Waals surface area contributed by atoms with Crippen molar-refractivity contribution in [3.8, 4) is 0 Å². The fraction of sp³-hybridized carbons (Fsp3) is 0.294. The zero-order valence-corrected chi connectivity index (χ0v) is 11.6. The molecule has 0 bridgehead atoms. The maximum absolute atomic E-state index is 13.0. The van der Waals surface area contributed by atoms with Crippen molar-refractivity contribution in [3.63, 3.8) is 0 Å². The number of rotatable bonds is 3. The summed E-state index contributed by atoms with van der Waals surface area (Å²) in [4.78, 5) is 17.1. The van der Waals surface area contributed by atoms with E-state index in [0.29, 0.717) is 11.4 Å². The highest BCUT2D eigenvalue weighted by Gasteiger charge is 2.46. The van der Waals surface area contributed by atoms with Crippen molar-refractivity contribution in [2.75, 3.05) is 5.73 Å². The summed E-state index contributed by atoms with van der Waals surface area (Å²) in [6.45, 7) is 1.93. The number of pyridine rings is 1. The number of anilines is 1. The summed E-state index contributed by atoms with van der Waals surface area (Å²) < 4.78 is 0. The highest BCUT2D eigenvalue weighted by Crippen LogP contribution is 2.46. The minimum atomic E-state index is -0.398. The standard InChI is InChI=1S/C17H18N2O/c1-12-10-14(16(18)19-11-12)15(20)17(8-5-9-17)13-6-3-2-4-7-13/h2-4,6-7,10-11H,5,8-9H2,1H3,(H2,18,19). The van der Waals surface area contributed by atoms with Gasteiger partial charge in [0.05, 0.1) is 11.0 Å². The lowest BCUT2D eigenvalue weighted by Gasteiger charge is -2.41. The Morgan fingerprint density at radius 1 is 1.25 bits per heavy atom. The Morgan fingerprint density at radius 2 is 1.95 bits per heavy atom. The molecule has 102 valence electrons. The molecule has 3 heteroatoms. The predicted octanol–water partition coefficient (Wildman–Crippen LogP) is 3.28. The molecule has 1 aromatic carbocycles. The van der Waals surface area contributed by atoms with Gasteiger partial charge in [-0.1, -0.05) is 36.8 Å². The summed E-state index contributed by atoms with van der Waals surface area (Å²) >= 11 is 0. The number of nitrogens with two attached hydrogens (primary N) is 1. The van der Waals surface area contributed by atoms with Crippen molar-refractivity contribution < 1.29 is 4.79 Å². The maximum Gasteiger partial charge on any atom is 0.177 e. The van der Waals surface area contributed by atoms with Gasteiger partial charge < -0.3 is 5.73 Å². The Labute approximate surface area is 118 Å². The van der Waals surface area contributed by atoms with Gasteiger partial charge >= 0.3 is 0 Å². The third kappa shape index (κ3) is 1.90. The fourth-order valence-electron chi connectivity index (χ4n) is 2.95. The molecule has 1 saturated carbocycles. The largest absolute Gasteiger partial charge is 0.383 e. The van der Waals surface area contributed by atoms with Crippen LogP contribution in [0.2, 0.25) is 0 Å². The lowest BCUT2D eigenvalue weighted by molar-refractivity contribution is 0.0789. The van der Waals surface area contributed by atoms with E-state index in [1.165, 1.54) is 0 Å². The first-order chi connectivity index (χ1) is 9.63. The number of hydrogen-bond donors (Lipinski definition) is 1. The van der Waals surface area contributed by atoms with Crippen LogP contribution in [-0.4, -0.2) is 10.8 Å². The van der Waals surface area contributed by atoms with Gasteiger partial charge in [-0.2, -0.15) is 0 Å². The van der Waals surface area contributed by atoms with Crippen LogP contribution >= 0.6 is 0 Å². The Bertz CT molecular complexity index is 645. The summed E-state index contributed by atoms with van der Waals surface area (Å²) in [6, 6.07) is 11.9. The number of nitrogens with zero attached hydrogens (tertiary/aromatic N) is 1. The predicted molar refractivity (Wildman–Crippen MR) is 79.7 cm³/mol. The zero-order chi connectivity index (χ0) is 14.2. The van der Waals surface area contributed by atoms with Crippen molar-refractivity contribution in [1.82, 2.24) is 4.98 Å². The summed E-state index contributed by atoms with van der Waals surface area (Å²) in [6.07, 6.45) is 4.56. The first-order valence-corrected chi connectivity index (χ1v) is 6.96. The normalized spacial score (nSPS) is 16.4. The van der Waals surface area contributed by atoms with Gasteiger partial charge in [-0.05, 0) is 37.0 Å². The summed E-state index contributed by atoms with van der Waals surface area (Å²) in [5.41, 5.74) is 8.14. The molecule has 2 N–H and O–H groups in total. The molecule has 2 aromatic rings. The van der Waals surface area contributed by atoms with Crippen LogP contribution in [0.15, 0.2) is 42.6 Å². The molecule has 0 radical (unpaired) electrons. The number of carbonyl (C=O) groups is 1. The number of carbonyl (C=O) groups excluding carboxylic acids is 1. The molecule has 3 nitrogen and oxygen atoms in total. The van der Waals surface area contributed by atoms with E-state index in [-0.39, 0.29) is 5.78 Å². The zero-order valence-electron chi connectivity index (χ0n) is 11.6. The van der Waals surface area contributed by atoms with Gasteiger partial charge in [0.2, 0.25) is 0 Å². The molecule has 1 aromatic heterocycles. The number of Topliss-reactive ketones (excluding diaryl/α,β-unsaturated/α-hetero) is 1. The second-order valence-electron chi connectivity index (χ2n) is 5.58. The summed E-state index contributed by atoms with van der Waals surface area (Å²) in [5, 5.41) is 0. The van der Waals surface area contributed by atoms with E-state index >= 15 is 0 Å². The Morgan fingerprint density at radius 3 is 2.55 bits per heavy atom. The van der Waals surface area contributed by atoms with Gasteiger partial charge in [-0.3, -0.25) is 4.79 Å². The van der Waals surface area contributed by atoms with E-state index in [9.17, 15) is 4.79 Å². The quantitative estimate of drug-likeness (QED) is 0.867. The summed E-state index contributed by atoms with van der Waals surface area (Å²) in [7, 11) is 0. The molecule has 20 heavy (non-hydrogen) atoms. The topological polar surface area (TPSA) is 56.0 Å². The van der Waals surface area contributed by atoms with Crippen LogP contribution in [0.3, 0.4) is 0 Å². The highest BCUT2D eigenvalue weighted by molar-refractivity contribution is 6.07. The molecule has 0 atom stereocenters. The van der Waals surface area contributed by atoms with Crippen LogP contribution in [0, 0.1) is 6.92 Å². The van der Waals surface area contributed by atoms with Gasteiger partial charge in [0.1, 0.15) is 5.82 Å². The van der Waals surface area contributed by atoms with Gasteiger partial charge in [0.25, 0.3) is 0 Å². The Hall–Kier alpha value is -2.16. The lowest BCUT2D eigenvalue weighted by atomic mass is 9.60. The number of nitrogen functional groups attached to an aromatic ring is 1. The smallest absolute Gasteiger partial charge is 0.177 e. The molecule has 0 unspecified atom stereocenters. The molecule has 0 amide bonds. The van der Waals surface area contributed by atoms with Crippen LogP contribution in [-0.2, 0) is 5.41 Å². The van der Waals surface area contributed by atoms with E-state index in [2.05, 4.69) is 4.98 Å². The molecule has 0 saturated heterocycles. The SMILES string of the molecule is Cc1cnc(N)c(C(=O)C2(c3ccccc3)CCC2)c1. The van der Waals surface area contributed by atoms with Crippen molar-refractivity contribution in [2.24, 2.45) is 0 Å². The second-order valence-corrected chi connectivity index (χ2v) is 5.58. The Kier molecular flexibility index (Phi) is 3.05. The van der Waals surface area contributed by atoms with Gasteiger partial charge in [-0.25, -0.2) is 4.98 Å².